The highest BCUT2D eigenvalue weighted by molar-refractivity contribution is 5.68. The quantitative estimate of drug-likeness (QED) is 0.524. The summed E-state index contributed by atoms with van der Waals surface area (Å²) in [5.41, 5.74) is 8.92. The third-order valence-electron chi connectivity index (χ3n) is 5.09. The zero-order chi connectivity index (χ0) is 21.2. The van der Waals surface area contributed by atoms with Gasteiger partial charge < -0.3 is 19.9 Å². The van der Waals surface area contributed by atoms with Gasteiger partial charge in [-0.3, -0.25) is 4.68 Å². The molecule has 1 aromatic carbocycles. The predicted octanol–water partition coefficient (Wildman–Crippen LogP) is 2.60. The Hall–Kier alpha value is -3.79. The Bertz CT molecular complexity index is 1190. The van der Waals surface area contributed by atoms with Crippen LogP contribution in [-0.4, -0.2) is 51.2 Å². The zero-order valence-electron chi connectivity index (χ0n) is 16.6. The predicted molar refractivity (Wildman–Crippen MR) is 112 cm³/mol. The van der Waals surface area contributed by atoms with E-state index in [9.17, 15) is 4.39 Å². The van der Waals surface area contributed by atoms with E-state index in [2.05, 4.69) is 25.1 Å². The van der Waals surface area contributed by atoms with E-state index in [-0.39, 0.29) is 12.4 Å². The maximum absolute atomic E-state index is 14.3. The van der Waals surface area contributed by atoms with Crippen molar-refractivity contribution in [3.8, 4) is 22.9 Å². The molecule has 3 aromatic heterocycles. The third-order valence-corrected chi connectivity index (χ3v) is 5.09. The third kappa shape index (κ3) is 3.84. The number of hydrogen-bond donors (Lipinski definition) is 1. The van der Waals surface area contributed by atoms with Gasteiger partial charge >= 0.3 is 0 Å². The summed E-state index contributed by atoms with van der Waals surface area (Å²) < 4.78 is 26.3. The van der Waals surface area contributed by atoms with Crippen molar-refractivity contribution in [2.75, 3.05) is 36.9 Å². The molecule has 0 aliphatic carbocycles. The van der Waals surface area contributed by atoms with Crippen molar-refractivity contribution in [2.24, 2.45) is 0 Å². The Balaban J connectivity index is 1.55. The highest BCUT2D eigenvalue weighted by Gasteiger charge is 2.20. The molecular weight excluding hydrogens is 401 g/mol. The molecule has 10 heteroatoms. The molecule has 2 N–H and O–H groups in total. The normalized spacial score (nSPS) is 14.2. The van der Waals surface area contributed by atoms with Gasteiger partial charge in [-0.15, -0.1) is 0 Å². The minimum Gasteiger partial charge on any atom is -0.394 e. The van der Waals surface area contributed by atoms with E-state index in [0.717, 1.165) is 0 Å². The van der Waals surface area contributed by atoms with Crippen molar-refractivity contribution in [3.63, 3.8) is 0 Å². The van der Waals surface area contributed by atoms with E-state index in [1.54, 1.807) is 35.1 Å². The summed E-state index contributed by atoms with van der Waals surface area (Å²) >= 11 is 0. The molecule has 9 nitrogen and oxygen atoms in total. The van der Waals surface area contributed by atoms with Crippen LogP contribution in [0.15, 0.2) is 53.4 Å². The number of ether oxygens (including phenoxy) is 1. The van der Waals surface area contributed by atoms with E-state index in [0.29, 0.717) is 66.3 Å². The van der Waals surface area contributed by atoms with Gasteiger partial charge in [0, 0.05) is 24.7 Å². The molecule has 0 saturated carbocycles. The summed E-state index contributed by atoms with van der Waals surface area (Å²) in [6.45, 7) is 2.86. The fourth-order valence-corrected chi connectivity index (χ4v) is 3.52. The minimum absolute atomic E-state index is 0.222. The van der Waals surface area contributed by atoms with Gasteiger partial charge in [0.2, 0.25) is 0 Å². The second kappa shape index (κ2) is 8.15. The second-order valence-electron chi connectivity index (χ2n) is 7.12. The van der Waals surface area contributed by atoms with Gasteiger partial charge in [0.1, 0.15) is 23.5 Å². The summed E-state index contributed by atoms with van der Waals surface area (Å²) in [6, 6.07) is 10.1. The Kier molecular flexibility index (Phi) is 5.04. The molecule has 1 saturated heterocycles. The van der Waals surface area contributed by atoms with Crippen LogP contribution in [0.4, 0.5) is 15.9 Å². The van der Waals surface area contributed by atoms with Crippen molar-refractivity contribution in [1.82, 2.24) is 24.9 Å². The van der Waals surface area contributed by atoms with Gasteiger partial charge in [-0.25, -0.2) is 14.4 Å². The van der Waals surface area contributed by atoms with E-state index in [4.69, 9.17) is 15.0 Å². The molecule has 1 aliphatic heterocycles. The number of benzene rings is 1. The van der Waals surface area contributed by atoms with Crippen LogP contribution >= 0.6 is 0 Å². The summed E-state index contributed by atoms with van der Waals surface area (Å²) in [6.07, 6.45) is 3.06. The first-order chi connectivity index (χ1) is 15.2. The average molecular weight is 421 g/mol. The van der Waals surface area contributed by atoms with Gasteiger partial charge in [0.25, 0.3) is 0 Å². The lowest BCUT2D eigenvalue weighted by atomic mass is 10.2. The van der Waals surface area contributed by atoms with E-state index < -0.39 is 0 Å². The topological polar surface area (TPSA) is 108 Å². The van der Waals surface area contributed by atoms with E-state index in [1.807, 2.05) is 6.07 Å². The average Bonchev–Trinajstić information content (AvgIpc) is 3.46. The standard InChI is InChI=1S/C21H20FN7O2/c22-15-4-2-1-3-14(15)13-29-19(17-5-8-31-27-17)11-18(26-29)20-24-12-16(23)21(25-20)28-6-9-30-10-7-28/h1-5,8,11-12H,6-7,9-10,13,23H2. The molecular formula is C21H20FN7O2. The SMILES string of the molecule is Nc1cnc(-c2cc(-c3ccon3)n(Cc3ccccc3F)n2)nc1N1CCOCC1. The zero-order valence-corrected chi connectivity index (χ0v) is 16.6. The highest BCUT2D eigenvalue weighted by Crippen LogP contribution is 2.28. The van der Waals surface area contributed by atoms with Crippen molar-refractivity contribution >= 4 is 11.5 Å². The Labute approximate surface area is 177 Å². The fraction of sp³-hybridized carbons (Fsp3) is 0.238. The number of hydrogen-bond acceptors (Lipinski definition) is 8. The molecule has 4 heterocycles. The molecule has 1 aliphatic rings. The Morgan fingerprint density at radius 1 is 1.10 bits per heavy atom. The number of nitrogens with zero attached hydrogens (tertiary/aromatic N) is 6. The molecule has 5 rings (SSSR count). The molecule has 0 unspecified atom stereocenters. The molecule has 0 spiro atoms. The molecule has 158 valence electrons. The largest absolute Gasteiger partial charge is 0.394 e. The van der Waals surface area contributed by atoms with Crippen LogP contribution in [0.1, 0.15) is 5.56 Å². The summed E-state index contributed by atoms with van der Waals surface area (Å²) in [5.74, 6) is 0.775. The Morgan fingerprint density at radius 2 is 1.94 bits per heavy atom. The van der Waals surface area contributed by atoms with Gasteiger partial charge in [0.15, 0.2) is 11.6 Å². The molecule has 4 aromatic rings. The molecule has 1 fully saturated rings. The minimum atomic E-state index is -0.302. The van der Waals surface area contributed by atoms with Crippen LogP contribution in [0.3, 0.4) is 0 Å². The van der Waals surface area contributed by atoms with Crippen LogP contribution in [0.25, 0.3) is 22.9 Å². The monoisotopic (exact) mass is 421 g/mol. The van der Waals surface area contributed by atoms with Gasteiger partial charge in [0.05, 0.1) is 37.3 Å². The summed E-state index contributed by atoms with van der Waals surface area (Å²) in [4.78, 5) is 11.1. The Morgan fingerprint density at radius 3 is 2.71 bits per heavy atom. The van der Waals surface area contributed by atoms with E-state index in [1.165, 1.54) is 12.3 Å². The summed E-state index contributed by atoms with van der Waals surface area (Å²) in [7, 11) is 0. The number of aromatic nitrogens is 5. The lowest BCUT2D eigenvalue weighted by Crippen LogP contribution is -2.37. The summed E-state index contributed by atoms with van der Waals surface area (Å²) in [5, 5.41) is 8.66. The lowest BCUT2D eigenvalue weighted by Gasteiger charge is -2.28. The molecule has 31 heavy (non-hydrogen) atoms. The maximum atomic E-state index is 14.3. The van der Waals surface area contributed by atoms with Gasteiger partial charge in [-0.05, 0) is 12.1 Å². The number of anilines is 2. The van der Waals surface area contributed by atoms with Gasteiger partial charge in [-0.2, -0.15) is 5.10 Å². The number of morpholine rings is 1. The second-order valence-corrected chi connectivity index (χ2v) is 7.12. The maximum Gasteiger partial charge on any atom is 0.182 e. The van der Waals surface area contributed by atoms with Crippen molar-refractivity contribution in [2.45, 2.75) is 6.54 Å². The smallest absolute Gasteiger partial charge is 0.182 e. The van der Waals surface area contributed by atoms with Crippen molar-refractivity contribution < 1.29 is 13.7 Å². The first-order valence-corrected chi connectivity index (χ1v) is 9.86. The van der Waals surface area contributed by atoms with Crippen molar-refractivity contribution in [1.29, 1.82) is 0 Å². The highest BCUT2D eigenvalue weighted by atomic mass is 19.1. The van der Waals surface area contributed by atoms with Crippen LogP contribution in [0.5, 0.6) is 0 Å². The van der Waals surface area contributed by atoms with Crippen LogP contribution < -0.4 is 10.6 Å². The number of nitrogens with two attached hydrogens (primary N) is 1. The van der Waals surface area contributed by atoms with Crippen LogP contribution in [0.2, 0.25) is 0 Å². The van der Waals surface area contributed by atoms with Crippen LogP contribution in [0, 0.1) is 5.82 Å². The molecule has 0 radical (unpaired) electrons. The number of halogens is 1. The molecule has 0 amide bonds. The molecule has 0 atom stereocenters. The van der Waals surface area contributed by atoms with Gasteiger partial charge in [-0.1, -0.05) is 23.4 Å². The van der Waals surface area contributed by atoms with Crippen LogP contribution in [-0.2, 0) is 11.3 Å². The van der Waals surface area contributed by atoms with Crippen molar-refractivity contribution in [3.05, 3.63) is 60.2 Å². The lowest BCUT2D eigenvalue weighted by molar-refractivity contribution is 0.122. The molecule has 0 bridgehead atoms. The first-order valence-electron chi connectivity index (χ1n) is 9.86. The number of nitrogen functional groups attached to an aromatic ring is 1. The fourth-order valence-electron chi connectivity index (χ4n) is 3.52. The van der Waals surface area contributed by atoms with E-state index >= 15 is 0 Å². The number of rotatable bonds is 5. The first kappa shape index (κ1) is 19.2.